The van der Waals surface area contributed by atoms with Crippen LogP contribution < -0.4 is 5.73 Å². The van der Waals surface area contributed by atoms with Crippen LogP contribution in [-0.2, 0) is 14.2 Å². The molecule has 19 heavy (non-hydrogen) atoms. The SMILES string of the molecule is CC(C)(C)OC(=O)N1C[C@@H]2OC(C)(C)O[C@@H]2[C@H]1CN. The van der Waals surface area contributed by atoms with Gasteiger partial charge in [-0.25, -0.2) is 4.79 Å². The van der Waals surface area contributed by atoms with E-state index >= 15 is 0 Å². The molecule has 0 aliphatic carbocycles. The van der Waals surface area contributed by atoms with Crippen LogP contribution in [0, 0.1) is 0 Å². The Morgan fingerprint density at radius 2 is 2.05 bits per heavy atom. The highest BCUT2D eigenvalue weighted by atomic mass is 16.8. The molecule has 0 bridgehead atoms. The zero-order valence-corrected chi connectivity index (χ0v) is 12.3. The van der Waals surface area contributed by atoms with Crippen molar-refractivity contribution in [1.82, 2.24) is 4.90 Å². The summed E-state index contributed by atoms with van der Waals surface area (Å²) in [6.07, 6.45) is -0.661. The summed E-state index contributed by atoms with van der Waals surface area (Å²) in [5.74, 6) is -0.608. The van der Waals surface area contributed by atoms with Crippen molar-refractivity contribution in [3.63, 3.8) is 0 Å². The first-order valence-corrected chi connectivity index (χ1v) is 6.68. The van der Waals surface area contributed by atoms with Gasteiger partial charge in [-0.3, -0.25) is 4.90 Å². The van der Waals surface area contributed by atoms with Crippen LogP contribution in [0.3, 0.4) is 0 Å². The summed E-state index contributed by atoms with van der Waals surface area (Å²) in [4.78, 5) is 13.8. The minimum atomic E-state index is -0.608. The van der Waals surface area contributed by atoms with Crippen molar-refractivity contribution in [1.29, 1.82) is 0 Å². The third kappa shape index (κ3) is 3.01. The van der Waals surface area contributed by atoms with E-state index in [4.69, 9.17) is 19.9 Å². The van der Waals surface area contributed by atoms with E-state index in [1.807, 2.05) is 34.6 Å². The fraction of sp³-hybridized carbons (Fsp3) is 0.923. The van der Waals surface area contributed by atoms with Crippen LogP contribution in [0.5, 0.6) is 0 Å². The molecule has 0 aromatic rings. The van der Waals surface area contributed by atoms with Gasteiger partial charge in [0.05, 0.1) is 12.6 Å². The molecule has 0 radical (unpaired) electrons. The number of carbonyl (C=O) groups excluding carboxylic acids is 1. The summed E-state index contributed by atoms with van der Waals surface area (Å²) < 4.78 is 17.0. The predicted octanol–water partition coefficient (Wildman–Crippen LogP) is 1.08. The topological polar surface area (TPSA) is 74.0 Å². The second kappa shape index (κ2) is 4.61. The monoisotopic (exact) mass is 272 g/mol. The summed E-state index contributed by atoms with van der Waals surface area (Å²) in [7, 11) is 0. The van der Waals surface area contributed by atoms with Crippen molar-refractivity contribution >= 4 is 6.09 Å². The van der Waals surface area contributed by atoms with E-state index in [0.29, 0.717) is 13.1 Å². The van der Waals surface area contributed by atoms with Crippen molar-refractivity contribution in [3.8, 4) is 0 Å². The third-order valence-corrected chi connectivity index (χ3v) is 3.25. The molecule has 2 saturated heterocycles. The van der Waals surface area contributed by atoms with E-state index in [9.17, 15) is 4.79 Å². The average Bonchev–Trinajstić information content (AvgIpc) is 2.66. The number of rotatable bonds is 1. The number of nitrogens with zero attached hydrogens (tertiary/aromatic N) is 1. The number of amides is 1. The van der Waals surface area contributed by atoms with Gasteiger partial charge in [-0.15, -0.1) is 0 Å². The van der Waals surface area contributed by atoms with E-state index in [-0.39, 0.29) is 24.3 Å². The molecule has 2 N–H and O–H groups in total. The van der Waals surface area contributed by atoms with Gasteiger partial charge in [-0.2, -0.15) is 0 Å². The molecule has 2 rings (SSSR count). The lowest BCUT2D eigenvalue weighted by molar-refractivity contribution is -0.160. The van der Waals surface area contributed by atoms with Crippen molar-refractivity contribution in [2.75, 3.05) is 13.1 Å². The molecule has 2 heterocycles. The standard InChI is InChI=1S/C13H24N2O4/c1-12(2,3)19-11(16)15-7-9-10(8(15)6-14)18-13(4,5)17-9/h8-10H,6-7,14H2,1-5H3/t8-,9+,10-/m1/s1. The zero-order valence-electron chi connectivity index (χ0n) is 12.3. The van der Waals surface area contributed by atoms with Gasteiger partial charge in [0.2, 0.25) is 0 Å². The van der Waals surface area contributed by atoms with Crippen molar-refractivity contribution < 1.29 is 19.0 Å². The van der Waals surface area contributed by atoms with E-state index in [1.54, 1.807) is 4.90 Å². The van der Waals surface area contributed by atoms with E-state index < -0.39 is 11.4 Å². The van der Waals surface area contributed by atoms with Gasteiger partial charge >= 0.3 is 6.09 Å². The predicted molar refractivity (Wildman–Crippen MR) is 69.6 cm³/mol. The summed E-state index contributed by atoms with van der Waals surface area (Å²) in [5, 5.41) is 0. The van der Waals surface area contributed by atoms with Crippen LogP contribution in [0.25, 0.3) is 0 Å². The van der Waals surface area contributed by atoms with Gasteiger partial charge in [0.15, 0.2) is 5.79 Å². The number of nitrogens with two attached hydrogens (primary N) is 1. The van der Waals surface area contributed by atoms with Crippen LogP contribution in [-0.4, -0.2) is 53.7 Å². The average molecular weight is 272 g/mol. The lowest BCUT2D eigenvalue weighted by Gasteiger charge is -2.31. The Kier molecular flexibility index (Phi) is 3.53. The molecule has 110 valence electrons. The first-order chi connectivity index (χ1) is 8.63. The van der Waals surface area contributed by atoms with E-state index in [0.717, 1.165) is 0 Å². The van der Waals surface area contributed by atoms with Crippen LogP contribution in [0.4, 0.5) is 4.79 Å². The summed E-state index contributed by atoms with van der Waals surface area (Å²) in [5.41, 5.74) is 5.27. The Morgan fingerprint density at radius 3 is 2.58 bits per heavy atom. The first kappa shape index (κ1) is 14.6. The summed E-state index contributed by atoms with van der Waals surface area (Å²) in [6, 6.07) is -0.193. The van der Waals surface area contributed by atoms with Crippen molar-refractivity contribution in [3.05, 3.63) is 0 Å². The maximum Gasteiger partial charge on any atom is 0.410 e. The quantitative estimate of drug-likeness (QED) is 0.773. The fourth-order valence-electron chi connectivity index (χ4n) is 2.63. The van der Waals surface area contributed by atoms with Crippen LogP contribution in [0.15, 0.2) is 0 Å². The van der Waals surface area contributed by atoms with Gasteiger partial charge in [0.1, 0.15) is 17.8 Å². The van der Waals surface area contributed by atoms with Crippen LogP contribution >= 0.6 is 0 Å². The number of likely N-dealkylation sites (tertiary alicyclic amines) is 1. The zero-order chi connectivity index (χ0) is 14.4. The minimum Gasteiger partial charge on any atom is -0.444 e. The number of hydrogen-bond acceptors (Lipinski definition) is 5. The van der Waals surface area contributed by atoms with Gasteiger partial charge in [-0.05, 0) is 34.6 Å². The lowest BCUT2D eigenvalue weighted by atomic mass is 10.1. The van der Waals surface area contributed by atoms with Gasteiger partial charge in [0.25, 0.3) is 0 Å². The molecule has 0 unspecified atom stereocenters. The van der Waals surface area contributed by atoms with E-state index in [1.165, 1.54) is 0 Å². The number of hydrogen-bond donors (Lipinski definition) is 1. The minimum absolute atomic E-state index is 0.129. The maximum atomic E-state index is 12.2. The number of ether oxygens (including phenoxy) is 3. The Bertz CT molecular complexity index is 364. The molecule has 3 atom stereocenters. The molecular weight excluding hydrogens is 248 g/mol. The second-order valence-corrected chi connectivity index (χ2v) is 6.57. The summed E-state index contributed by atoms with van der Waals surface area (Å²) >= 11 is 0. The second-order valence-electron chi connectivity index (χ2n) is 6.57. The summed E-state index contributed by atoms with van der Waals surface area (Å²) in [6.45, 7) is 10.1. The highest BCUT2D eigenvalue weighted by molar-refractivity contribution is 5.69. The van der Waals surface area contributed by atoms with Crippen LogP contribution in [0.2, 0.25) is 0 Å². The first-order valence-electron chi connectivity index (χ1n) is 6.68. The van der Waals surface area contributed by atoms with Gasteiger partial charge in [-0.1, -0.05) is 0 Å². The fourth-order valence-corrected chi connectivity index (χ4v) is 2.63. The number of fused-ring (bicyclic) bond motifs is 1. The van der Waals surface area contributed by atoms with Gasteiger partial charge in [0, 0.05) is 6.54 Å². The van der Waals surface area contributed by atoms with Crippen molar-refractivity contribution in [2.24, 2.45) is 5.73 Å². The Balaban J connectivity index is 2.07. The maximum absolute atomic E-state index is 12.2. The molecule has 0 spiro atoms. The molecule has 6 heteroatoms. The van der Waals surface area contributed by atoms with Gasteiger partial charge < -0.3 is 19.9 Å². The molecule has 0 aromatic carbocycles. The smallest absolute Gasteiger partial charge is 0.410 e. The molecule has 6 nitrogen and oxygen atoms in total. The molecule has 2 fully saturated rings. The molecule has 0 aromatic heterocycles. The number of carbonyl (C=O) groups is 1. The highest BCUT2D eigenvalue weighted by Gasteiger charge is 2.54. The van der Waals surface area contributed by atoms with Crippen molar-refractivity contribution in [2.45, 2.75) is 64.3 Å². The molecule has 1 amide bonds. The van der Waals surface area contributed by atoms with Crippen LogP contribution in [0.1, 0.15) is 34.6 Å². The Morgan fingerprint density at radius 1 is 1.42 bits per heavy atom. The molecular formula is C13H24N2O4. The molecule has 0 saturated carbocycles. The largest absolute Gasteiger partial charge is 0.444 e. The molecule has 2 aliphatic rings. The Hall–Kier alpha value is -0.850. The Labute approximate surface area is 114 Å². The van der Waals surface area contributed by atoms with E-state index in [2.05, 4.69) is 0 Å². The molecule has 2 aliphatic heterocycles. The highest BCUT2D eigenvalue weighted by Crippen LogP contribution is 2.36. The third-order valence-electron chi connectivity index (χ3n) is 3.25. The normalized spacial score (nSPS) is 33.4. The lowest BCUT2D eigenvalue weighted by Crippen LogP contribution is -2.47.